The van der Waals surface area contributed by atoms with Crippen LogP contribution in [0, 0.1) is 6.92 Å². The lowest BCUT2D eigenvalue weighted by Crippen LogP contribution is -2.10. The standard InChI is InChI=1S/C7H9NO3/c1-4-6(10)7(11)5(3-9)2-8-4/h2,9-10H,3H2,1H3,(H,8,11). The van der Waals surface area contributed by atoms with Crippen LogP contribution in [0.4, 0.5) is 0 Å². The predicted molar refractivity (Wildman–Crippen MR) is 39.4 cm³/mol. The Morgan fingerprint density at radius 1 is 1.64 bits per heavy atom. The summed E-state index contributed by atoms with van der Waals surface area (Å²) >= 11 is 0. The number of aromatic amines is 1. The van der Waals surface area contributed by atoms with Crippen LogP contribution in [0.15, 0.2) is 11.0 Å². The first-order chi connectivity index (χ1) is 5.16. The summed E-state index contributed by atoms with van der Waals surface area (Å²) in [5.74, 6) is -0.323. The van der Waals surface area contributed by atoms with Crippen LogP contribution >= 0.6 is 0 Å². The molecule has 0 aliphatic carbocycles. The summed E-state index contributed by atoms with van der Waals surface area (Å²) < 4.78 is 0. The normalized spacial score (nSPS) is 10.0. The lowest BCUT2D eigenvalue weighted by Gasteiger charge is -1.99. The van der Waals surface area contributed by atoms with Gasteiger partial charge in [0, 0.05) is 11.8 Å². The van der Waals surface area contributed by atoms with Gasteiger partial charge in [0.15, 0.2) is 5.75 Å². The Bertz CT molecular complexity index is 316. The monoisotopic (exact) mass is 155 g/mol. The number of H-pyrrole nitrogens is 1. The van der Waals surface area contributed by atoms with E-state index in [4.69, 9.17) is 10.2 Å². The minimum Gasteiger partial charge on any atom is -0.503 e. The number of aromatic nitrogens is 1. The fraction of sp³-hybridized carbons (Fsp3) is 0.286. The average molecular weight is 155 g/mol. The number of hydrogen-bond donors (Lipinski definition) is 3. The SMILES string of the molecule is Cc1[nH]cc(CO)c(=O)c1O. The second kappa shape index (κ2) is 2.75. The third-order valence-electron chi connectivity index (χ3n) is 1.50. The molecule has 0 aliphatic heterocycles. The number of aromatic hydroxyl groups is 1. The molecule has 0 saturated carbocycles. The molecule has 1 aromatic heterocycles. The lowest BCUT2D eigenvalue weighted by atomic mass is 10.2. The van der Waals surface area contributed by atoms with Gasteiger partial charge < -0.3 is 15.2 Å². The summed E-state index contributed by atoms with van der Waals surface area (Å²) in [6.45, 7) is 1.22. The maximum absolute atomic E-state index is 11.0. The lowest BCUT2D eigenvalue weighted by molar-refractivity contribution is 0.279. The highest BCUT2D eigenvalue weighted by atomic mass is 16.3. The molecule has 0 saturated heterocycles. The molecule has 11 heavy (non-hydrogen) atoms. The first-order valence-electron chi connectivity index (χ1n) is 3.17. The molecule has 0 spiro atoms. The van der Waals surface area contributed by atoms with E-state index in [0.29, 0.717) is 5.69 Å². The summed E-state index contributed by atoms with van der Waals surface area (Å²) in [6.07, 6.45) is 1.39. The van der Waals surface area contributed by atoms with Crippen molar-refractivity contribution in [1.29, 1.82) is 0 Å². The first-order valence-corrected chi connectivity index (χ1v) is 3.17. The zero-order valence-electron chi connectivity index (χ0n) is 6.09. The Morgan fingerprint density at radius 3 is 2.82 bits per heavy atom. The molecule has 0 bridgehead atoms. The number of hydrogen-bond acceptors (Lipinski definition) is 3. The van der Waals surface area contributed by atoms with Gasteiger partial charge in [-0.3, -0.25) is 4.79 Å². The van der Waals surface area contributed by atoms with Crippen molar-refractivity contribution in [3.05, 3.63) is 27.7 Å². The van der Waals surface area contributed by atoms with Gasteiger partial charge in [-0.2, -0.15) is 0 Å². The second-order valence-corrected chi connectivity index (χ2v) is 2.27. The highest BCUT2D eigenvalue weighted by Gasteiger charge is 2.05. The molecular formula is C7H9NO3. The molecule has 0 radical (unpaired) electrons. The number of rotatable bonds is 1. The van der Waals surface area contributed by atoms with Gasteiger partial charge in [-0.05, 0) is 6.92 Å². The highest BCUT2D eigenvalue weighted by Crippen LogP contribution is 2.06. The van der Waals surface area contributed by atoms with E-state index in [-0.39, 0.29) is 17.9 Å². The van der Waals surface area contributed by atoms with Crippen molar-refractivity contribution in [2.45, 2.75) is 13.5 Å². The molecule has 1 heterocycles. The molecule has 0 aromatic carbocycles. The minimum absolute atomic E-state index is 0.174. The van der Waals surface area contributed by atoms with Crippen LogP contribution < -0.4 is 5.43 Å². The van der Waals surface area contributed by atoms with Crippen LogP contribution in [0.5, 0.6) is 5.75 Å². The number of aryl methyl sites for hydroxylation is 1. The summed E-state index contributed by atoms with van der Waals surface area (Å²) in [5.41, 5.74) is 0.0732. The van der Waals surface area contributed by atoms with Crippen molar-refractivity contribution >= 4 is 0 Å². The Hall–Kier alpha value is -1.29. The third kappa shape index (κ3) is 1.25. The molecule has 3 N–H and O–H groups in total. The van der Waals surface area contributed by atoms with Gasteiger partial charge in [0.2, 0.25) is 5.43 Å². The van der Waals surface area contributed by atoms with Gasteiger partial charge >= 0.3 is 0 Å². The molecule has 4 nitrogen and oxygen atoms in total. The van der Waals surface area contributed by atoms with Crippen molar-refractivity contribution in [2.24, 2.45) is 0 Å². The Morgan fingerprint density at radius 2 is 2.27 bits per heavy atom. The maximum Gasteiger partial charge on any atom is 0.228 e. The number of pyridine rings is 1. The van der Waals surface area contributed by atoms with Gasteiger partial charge in [0.25, 0.3) is 0 Å². The fourth-order valence-corrected chi connectivity index (χ4v) is 0.769. The van der Waals surface area contributed by atoms with Crippen LogP contribution in [0.3, 0.4) is 0 Å². The zero-order valence-corrected chi connectivity index (χ0v) is 6.09. The summed E-state index contributed by atoms with van der Waals surface area (Å²) in [6, 6.07) is 0. The van der Waals surface area contributed by atoms with E-state index < -0.39 is 5.43 Å². The van der Waals surface area contributed by atoms with Crippen LogP contribution in [0.1, 0.15) is 11.3 Å². The van der Waals surface area contributed by atoms with E-state index in [9.17, 15) is 4.79 Å². The van der Waals surface area contributed by atoms with Crippen molar-refractivity contribution in [2.75, 3.05) is 0 Å². The van der Waals surface area contributed by atoms with Crippen LogP contribution in [0.2, 0.25) is 0 Å². The molecule has 4 heteroatoms. The van der Waals surface area contributed by atoms with Crippen molar-refractivity contribution in [1.82, 2.24) is 4.98 Å². The molecule has 1 aromatic rings. The zero-order chi connectivity index (χ0) is 8.43. The Balaban J connectivity index is 3.37. The highest BCUT2D eigenvalue weighted by molar-refractivity contribution is 5.28. The molecule has 0 fully saturated rings. The third-order valence-corrected chi connectivity index (χ3v) is 1.50. The molecule has 60 valence electrons. The van der Waals surface area contributed by atoms with Gasteiger partial charge in [-0.1, -0.05) is 0 Å². The van der Waals surface area contributed by atoms with Crippen molar-refractivity contribution in [3.63, 3.8) is 0 Å². The average Bonchev–Trinajstić information content (AvgIpc) is 2.01. The van der Waals surface area contributed by atoms with E-state index in [2.05, 4.69) is 4.98 Å². The van der Waals surface area contributed by atoms with Gasteiger partial charge in [-0.25, -0.2) is 0 Å². The van der Waals surface area contributed by atoms with Crippen LogP contribution in [0.25, 0.3) is 0 Å². The topological polar surface area (TPSA) is 73.3 Å². The van der Waals surface area contributed by atoms with E-state index in [1.165, 1.54) is 6.20 Å². The molecule has 1 rings (SSSR count). The fourth-order valence-electron chi connectivity index (χ4n) is 0.769. The molecule has 0 atom stereocenters. The quantitative estimate of drug-likeness (QED) is 0.529. The number of nitrogens with one attached hydrogen (secondary N) is 1. The van der Waals surface area contributed by atoms with Gasteiger partial charge in [-0.15, -0.1) is 0 Å². The number of aliphatic hydroxyl groups is 1. The maximum atomic E-state index is 11.0. The second-order valence-electron chi connectivity index (χ2n) is 2.27. The molecule has 0 aliphatic rings. The largest absolute Gasteiger partial charge is 0.503 e. The van der Waals surface area contributed by atoms with E-state index in [1.54, 1.807) is 6.92 Å². The van der Waals surface area contributed by atoms with Crippen molar-refractivity contribution in [3.8, 4) is 5.75 Å². The van der Waals surface area contributed by atoms with E-state index >= 15 is 0 Å². The Labute approximate surface area is 63.1 Å². The minimum atomic E-state index is -0.510. The van der Waals surface area contributed by atoms with E-state index in [0.717, 1.165) is 0 Å². The molecule has 0 amide bonds. The summed E-state index contributed by atoms with van der Waals surface area (Å²) in [7, 11) is 0. The summed E-state index contributed by atoms with van der Waals surface area (Å²) in [4.78, 5) is 13.6. The predicted octanol–water partition coefficient (Wildman–Crippen LogP) is -0.119. The van der Waals surface area contributed by atoms with Crippen LogP contribution in [-0.2, 0) is 6.61 Å². The van der Waals surface area contributed by atoms with Crippen molar-refractivity contribution < 1.29 is 10.2 Å². The van der Waals surface area contributed by atoms with Crippen LogP contribution in [-0.4, -0.2) is 15.2 Å². The van der Waals surface area contributed by atoms with Gasteiger partial charge in [0.1, 0.15) is 0 Å². The summed E-state index contributed by atoms with van der Waals surface area (Å²) in [5, 5.41) is 17.7. The Kier molecular flexibility index (Phi) is 1.96. The first kappa shape index (κ1) is 7.81. The van der Waals surface area contributed by atoms with Gasteiger partial charge in [0.05, 0.1) is 12.3 Å². The molecular weight excluding hydrogens is 146 g/mol. The number of aliphatic hydroxyl groups excluding tert-OH is 1. The van der Waals surface area contributed by atoms with E-state index in [1.807, 2.05) is 0 Å². The molecule has 0 unspecified atom stereocenters. The smallest absolute Gasteiger partial charge is 0.228 e.